The predicted octanol–water partition coefficient (Wildman–Crippen LogP) is 2.27. The fourth-order valence-corrected chi connectivity index (χ4v) is 1.89. The molecule has 0 aliphatic rings. The van der Waals surface area contributed by atoms with Crippen molar-refractivity contribution in [1.29, 1.82) is 0 Å². The molecule has 0 saturated carbocycles. The minimum atomic E-state index is -0.0888. The maximum atomic E-state index is 5.84. The summed E-state index contributed by atoms with van der Waals surface area (Å²) in [5.41, 5.74) is 12.3. The molecule has 0 saturated heterocycles. The maximum Gasteiger partial charge on any atom is 0.211 e. The van der Waals surface area contributed by atoms with Gasteiger partial charge in [0.2, 0.25) is 5.96 Å². The second-order valence-electron chi connectivity index (χ2n) is 4.68. The van der Waals surface area contributed by atoms with E-state index < -0.39 is 0 Å². The van der Waals surface area contributed by atoms with Crippen molar-refractivity contribution < 1.29 is 9.47 Å². The summed E-state index contributed by atoms with van der Waals surface area (Å²) in [6.07, 6.45) is 1.54. The SMILES string of the molecule is CCOc1cc(/C=N\N=C(N)N)ccc1OCc1ccccc1. The molecule has 0 aliphatic carbocycles. The first-order valence-corrected chi connectivity index (χ1v) is 7.24. The van der Waals surface area contributed by atoms with E-state index in [1.165, 1.54) is 0 Å². The maximum absolute atomic E-state index is 5.84. The Morgan fingerprint density at radius 2 is 1.83 bits per heavy atom. The van der Waals surface area contributed by atoms with Gasteiger partial charge in [-0.15, -0.1) is 5.10 Å². The highest BCUT2D eigenvalue weighted by atomic mass is 16.5. The van der Waals surface area contributed by atoms with Crippen molar-refractivity contribution in [2.45, 2.75) is 13.5 Å². The van der Waals surface area contributed by atoms with Gasteiger partial charge in [0.1, 0.15) is 6.61 Å². The Kier molecular flexibility index (Phi) is 5.99. The molecule has 6 nitrogen and oxygen atoms in total. The number of hydrogen-bond acceptors (Lipinski definition) is 4. The predicted molar refractivity (Wildman–Crippen MR) is 91.8 cm³/mol. The standard InChI is InChI=1S/C17H20N4O2/c1-2-22-16-10-14(11-20-21-17(18)19)8-9-15(16)23-12-13-6-4-3-5-7-13/h3-11H,2,12H2,1H3,(H4,18,19,21)/b20-11-. The molecule has 0 bridgehead atoms. The zero-order valence-electron chi connectivity index (χ0n) is 13.0. The third-order valence-electron chi connectivity index (χ3n) is 2.88. The molecule has 0 atom stereocenters. The molecule has 0 aliphatic heterocycles. The van der Waals surface area contributed by atoms with Crippen molar-refractivity contribution in [3.63, 3.8) is 0 Å². The van der Waals surface area contributed by atoms with Gasteiger partial charge in [-0.3, -0.25) is 0 Å². The molecule has 120 valence electrons. The number of nitrogens with zero attached hydrogens (tertiary/aromatic N) is 2. The lowest BCUT2D eigenvalue weighted by molar-refractivity contribution is 0.269. The quantitative estimate of drug-likeness (QED) is 0.466. The lowest BCUT2D eigenvalue weighted by atomic mass is 10.2. The van der Waals surface area contributed by atoms with Crippen LogP contribution in [-0.4, -0.2) is 18.8 Å². The molecule has 23 heavy (non-hydrogen) atoms. The number of nitrogens with two attached hydrogens (primary N) is 2. The van der Waals surface area contributed by atoms with Gasteiger partial charge in [-0.1, -0.05) is 30.3 Å². The highest BCUT2D eigenvalue weighted by Gasteiger charge is 2.06. The monoisotopic (exact) mass is 312 g/mol. The van der Waals surface area contributed by atoms with Crippen LogP contribution in [-0.2, 0) is 6.61 Å². The van der Waals surface area contributed by atoms with Gasteiger partial charge in [-0.25, -0.2) is 0 Å². The lowest BCUT2D eigenvalue weighted by Gasteiger charge is -2.12. The van der Waals surface area contributed by atoms with Gasteiger partial charge in [0, 0.05) is 0 Å². The third-order valence-corrected chi connectivity index (χ3v) is 2.88. The first-order valence-electron chi connectivity index (χ1n) is 7.24. The van der Waals surface area contributed by atoms with Crippen LogP contribution in [0.15, 0.2) is 58.7 Å². The fraction of sp³-hybridized carbons (Fsp3) is 0.176. The molecule has 4 N–H and O–H groups in total. The minimum absolute atomic E-state index is 0.0888. The second kappa shape index (κ2) is 8.43. The molecule has 2 aromatic rings. The Hall–Kier alpha value is -3.02. The van der Waals surface area contributed by atoms with E-state index in [1.54, 1.807) is 6.21 Å². The van der Waals surface area contributed by atoms with Crippen LogP contribution in [0, 0.1) is 0 Å². The molecule has 0 heterocycles. The largest absolute Gasteiger partial charge is 0.490 e. The molecule has 6 heteroatoms. The Morgan fingerprint density at radius 1 is 1.04 bits per heavy atom. The van der Waals surface area contributed by atoms with Crippen molar-refractivity contribution in [3.05, 3.63) is 59.7 Å². The van der Waals surface area contributed by atoms with E-state index in [4.69, 9.17) is 20.9 Å². The van der Waals surface area contributed by atoms with Crippen LogP contribution in [0.5, 0.6) is 11.5 Å². The normalized spacial score (nSPS) is 10.5. The smallest absolute Gasteiger partial charge is 0.211 e. The average molecular weight is 312 g/mol. The summed E-state index contributed by atoms with van der Waals surface area (Å²) >= 11 is 0. The van der Waals surface area contributed by atoms with Crippen molar-refractivity contribution in [2.75, 3.05) is 6.61 Å². The van der Waals surface area contributed by atoms with E-state index in [1.807, 2.05) is 55.5 Å². The summed E-state index contributed by atoms with van der Waals surface area (Å²) in [7, 11) is 0. The Balaban J connectivity index is 2.12. The van der Waals surface area contributed by atoms with Gasteiger partial charge in [0.15, 0.2) is 11.5 Å². The second-order valence-corrected chi connectivity index (χ2v) is 4.68. The zero-order valence-corrected chi connectivity index (χ0v) is 13.0. The van der Waals surface area contributed by atoms with Crippen LogP contribution < -0.4 is 20.9 Å². The van der Waals surface area contributed by atoms with E-state index >= 15 is 0 Å². The van der Waals surface area contributed by atoms with Gasteiger partial charge in [0.25, 0.3) is 0 Å². The molecular formula is C17H20N4O2. The van der Waals surface area contributed by atoms with Crippen molar-refractivity contribution in [3.8, 4) is 11.5 Å². The minimum Gasteiger partial charge on any atom is -0.490 e. The number of hydrogen-bond donors (Lipinski definition) is 2. The molecule has 2 aromatic carbocycles. The number of benzene rings is 2. The average Bonchev–Trinajstić information content (AvgIpc) is 2.55. The Morgan fingerprint density at radius 3 is 2.52 bits per heavy atom. The molecular weight excluding hydrogens is 292 g/mol. The highest BCUT2D eigenvalue weighted by Crippen LogP contribution is 2.28. The first-order chi connectivity index (χ1) is 11.2. The van der Waals surface area contributed by atoms with E-state index in [0.29, 0.717) is 24.7 Å². The number of guanidine groups is 1. The van der Waals surface area contributed by atoms with Gasteiger partial charge < -0.3 is 20.9 Å². The summed E-state index contributed by atoms with van der Waals surface area (Å²) in [5, 5.41) is 7.35. The summed E-state index contributed by atoms with van der Waals surface area (Å²) in [4.78, 5) is 0. The zero-order chi connectivity index (χ0) is 16.5. The third kappa shape index (κ3) is 5.35. The highest BCUT2D eigenvalue weighted by molar-refractivity contribution is 5.82. The van der Waals surface area contributed by atoms with E-state index in [2.05, 4.69) is 10.2 Å². The summed E-state index contributed by atoms with van der Waals surface area (Å²) in [6.45, 7) is 2.93. The van der Waals surface area contributed by atoms with Crippen LogP contribution >= 0.6 is 0 Å². The molecule has 0 radical (unpaired) electrons. The van der Waals surface area contributed by atoms with E-state index in [-0.39, 0.29) is 5.96 Å². The van der Waals surface area contributed by atoms with E-state index in [0.717, 1.165) is 11.1 Å². The van der Waals surface area contributed by atoms with Gasteiger partial charge >= 0.3 is 0 Å². The Bertz CT molecular complexity index is 680. The Labute approximate surface area is 135 Å². The summed E-state index contributed by atoms with van der Waals surface area (Å²) in [6, 6.07) is 15.5. The van der Waals surface area contributed by atoms with Crippen LogP contribution in [0.2, 0.25) is 0 Å². The van der Waals surface area contributed by atoms with Gasteiger partial charge in [-0.05, 0) is 36.2 Å². The lowest BCUT2D eigenvalue weighted by Crippen LogP contribution is -2.21. The van der Waals surface area contributed by atoms with E-state index in [9.17, 15) is 0 Å². The molecule has 0 amide bonds. The molecule has 2 rings (SSSR count). The van der Waals surface area contributed by atoms with Gasteiger partial charge in [-0.2, -0.15) is 5.10 Å². The van der Waals surface area contributed by atoms with Crippen molar-refractivity contribution in [2.24, 2.45) is 21.7 Å². The molecule has 0 fully saturated rings. The van der Waals surface area contributed by atoms with Gasteiger partial charge in [0.05, 0.1) is 12.8 Å². The molecule has 0 aromatic heterocycles. The summed E-state index contributed by atoms with van der Waals surface area (Å²) < 4.78 is 11.5. The number of ether oxygens (including phenoxy) is 2. The van der Waals surface area contributed by atoms with Crippen LogP contribution in [0.1, 0.15) is 18.1 Å². The van der Waals surface area contributed by atoms with Crippen molar-refractivity contribution >= 4 is 12.2 Å². The molecule has 0 spiro atoms. The first kappa shape index (κ1) is 16.4. The van der Waals surface area contributed by atoms with Crippen LogP contribution in [0.4, 0.5) is 0 Å². The fourth-order valence-electron chi connectivity index (χ4n) is 1.89. The van der Waals surface area contributed by atoms with Crippen LogP contribution in [0.25, 0.3) is 0 Å². The molecule has 0 unspecified atom stereocenters. The topological polar surface area (TPSA) is 95.2 Å². The van der Waals surface area contributed by atoms with Crippen LogP contribution in [0.3, 0.4) is 0 Å². The van der Waals surface area contributed by atoms with Crippen molar-refractivity contribution in [1.82, 2.24) is 0 Å². The summed E-state index contributed by atoms with van der Waals surface area (Å²) in [5.74, 6) is 1.24. The number of rotatable bonds is 7.